The molecule has 0 heterocycles. The molecule has 4 nitrogen and oxygen atoms in total. The highest BCUT2D eigenvalue weighted by molar-refractivity contribution is 5.94. The Hall–Kier alpha value is -1.83. The zero-order valence-electron chi connectivity index (χ0n) is 12.0. The highest BCUT2D eigenvalue weighted by Gasteiger charge is 2.21. The van der Waals surface area contributed by atoms with Gasteiger partial charge in [-0.25, -0.2) is 0 Å². The average molecular weight is 287 g/mol. The SMILES string of the molecule is O=C(NC1CCC(O)CC1)c1cccc(C#CCCO)c1. The van der Waals surface area contributed by atoms with E-state index in [0.29, 0.717) is 12.0 Å². The summed E-state index contributed by atoms with van der Waals surface area (Å²) in [5.41, 5.74) is 1.37. The molecule has 4 heteroatoms. The number of hydrogen-bond donors (Lipinski definition) is 3. The van der Waals surface area contributed by atoms with Crippen LogP contribution in [0.15, 0.2) is 24.3 Å². The summed E-state index contributed by atoms with van der Waals surface area (Å²) in [6.45, 7) is 0.0424. The van der Waals surface area contributed by atoms with E-state index in [0.717, 1.165) is 31.2 Å². The summed E-state index contributed by atoms with van der Waals surface area (Å²) in [6.07, 6.45) is 3.35. The second kappa shape index (κ2) is 7.82. The maximum absolute atomic E-state index is 12.2. The van der Waals surface area contributed by atoms with Crippen LogP contribution >= 0.6 is 0 Å². The Morgan fingerprint density at radius 2 is 2.05 bits per heavy atom. The van der Waals surface area contributed by atoms with Crippen molar-refractivity contribution in [2.45, 2.75) is 44.2 Å². The minimum absolute atomic E-state index is 0.0424. The molecule has 0 atom stereocenters. The maximum atomic E-state index is 12.2. The predicted molar refractivity (Wildman–Crippen MR) is 80.8 cm³/mol. The summed E-state index contributed by atoms with van der Waals surface area (Å²) < 4.78 is 0. The minimum atomic E-state index is -0.219. The monoisotopic (exact) mass is 287 g/mol. The lowest BCUT2D eigenvalue weighted by molar-refractivity contribution is 0.0867. The van der Waals surface area contributed by atoms with E-state index in [2.05, 4.69) is 17.2 Å². The van der Waals surface area contributed by atoms with Crippen LogP contribution in [0.4, 0.5) is 0 Å². The van der Waals surface area contributed by atoms with Crippen molar-refractivity contribution in [1.82, 2.24) is 5.32 Å². The van der Waals surface area contributed by atoms with Gasteiger partial charge in [0.05, 0.1) is 12.7 Å². The third-order valence-electron chi connectivity index (χ3n) is 3.63. The Labute approximate surface area is 125 Å². The van der Waals surface area contributed by atoms with Crippen molar-refractivity contribution >= 4 is 5.91 Å². The van der Waals surface area contributed by atoms with Gasteiger partial charge >= 0.3 is 0 Å². The molecule has 1 amide bonds. The van der Waals surface area contributed by atoms with Crippen LogP contribution in [-0.4, -0.2) is 34.9 Å². The van der Waals surface area contributed by atoms with Crippen LogP contribution in [0.2, 0.25) is 0 Å². The van der Waals surface area contributed by atoms with Crippen molar-refractivity contribution in [1.29, 1.82) is 0 Å². The second-order valence-electron chi connectivity index (χ2n) is 5.34. The van der Waals surface area contributed by atoms with E-state index >= 15 is 0 Å². The van der Waals surface area contributed by atoms with Gasteiger partial charge in [0.2, 0.25) is 0 Å². The summed E-state index contributed by atoms with van der Waals surface area (Å²) in [4.78, 5) is 12.2. The van der Waals surface area contributed by atoms with E-state index < -0.39 is 0 Å². The van der Waals surface area contributed by atoms with E-state index in [9.17, 15) is 9.90 Å². The Balaban J connectivity index is 1.96. The number of aliphatic hydroxyl groups is 2. The standard InChI is InChI=1S/C17H21NO3/c19-11-2-1-4-13-5-3-6-14(12-13)17(21)18-15-7-9-16(20)10-8-15/h3,5-6,12,15-16,19-20H,2,7-11H2,(H,18,21). The Morgan fingerprint density at radius 3 is 2.76 bits per heavy atom. The van der Waals surface area contributed by atoms with Crippen LogP contribution < -0.4 is 5.32 Å². The van der Waals surface area contributed by atoms with Gasteiger partial charge < -0.3 is 15.5 Å². The van der Waals surface area contributed by atoms with Gasteiger partial charge in [0.1, 0.15) is 0 Å². The molecular weight excluding hydrogens is 266 g/mol. The van der Waals surface area contributed by atoms with Crippen LogP contribution in [0.25, 0.3) is 0 Å². The number of carbonyl (C=O) groups excluding carboxylic acids is 1. The Morgan fingerprint density at radius 1 is 1.29 bits per heavy atom. The number of hydrogen-bond acceptors (Lipinski definition) is 3. The summed E-state index contributed by atoms with van der Waals surface area (Å²) in [5, 5.41) is 21.2. The first-order chi connectivity index (χ1) is 10.2. The van der Waals surface area contributed by atoms with Gasteiger partial charge in [-0.3, -0.25) is 4.79 Å². The molecule has 0 aromatic heterocycles. The zero-order valence-corrected chi connectivity index (χ0v) is 12.0. The van der Waals surface area contributed by atoms with E-state index in [4.69, 9.17) is 5.11 Å². The van der Waals surface area contributed by atoms with Crippen molar-refractivity contribution in [2.75, 3.05) is 6.61 Å². The minimum Gasteiger partial charge on any atom is -0.395 e. The molecular formula is C17H21NO3. The van der Waals surface area contributed by atoms with Gasteiger partial charge in [-0.2, -0.15) is 0 Å². The van der Waals surface area contributed by atoms with E-state index in [1.54, 1.807) is 12.1 Å². The number of carbonyl (C=O) groups is 1. The quantitative estimate of drug-likeness (QED) is 0.737. The van der Waals surface area contributed by atoms with Crippen LogP contribution in [-0.2, 0) is 0 Å². The number of aliphatic hydroxyl groups excluding tert-OH is 2. The molecule has 1 aliphatic carbocycles. The second-order valence-corrected chi connectivity index (χ2v) is 5.34. The molecule has 0 radical (unpaired) electrons. The van der Waals surface area contributed by atoms with Gasteiger partial charge in [0.25, 0.3) is 5.91 Å². The molecule has 0 saturated heterocycles. The molecule has 1 aromatic carbocycles. The van der Waals surface area contributed by atoms with Crippen molar-refractivity contribution in [3.05, 3.63) is 35.4 Å². The molecule has 1 saturated carbocycles. The molecule has 1 aliphatic rings. The number of benzene rings is 1. The molecule has 0 bridgehead atoms. The summed E-state index contributed by atoms with van der Waals surface area (Å²) in [5.74, 6) is 5.68. The fourth-order valence-electron chi connectivity index (χ4n) is 2.45. The number of amides is 1. The van der Waals surface area contributed by atoms with Crippen molar-refractivity contribution in [3.8, 4) is 11.8 Å². The van der Waals surface area contributed by atoms with Crippen LogP contribution in [0.1, 0.15) is 48.0 Å². The average Bonchev–Trinajstić information content (AvgIpc) is 2.50. The van der Waals surface area contributed by atoms with Crippen LogP contribution in [0, 0.1) is 11.8 Å². The third kappa shape index (κ3) is 4.89. The molecule has 112 valence electrons. The fraction of sp³-hybridized carbons (Fsp3) is 0.471. The first kappa shape index (κ1) is 15.6. The van der Waals surface area contributed by atoms with Gasteiger partial charge in [-0.05, 0) is 43.9 Å². The summed E-state index contributed by atoms with van der Waals surface area (Å²) in [6, 6.07) is 7.33. The lowest BCUT2D eigenvalue weighted by Gasteiger charge is -2.26. The smallest absolute Gasteiger partial charge is 0.251 e. The predicted octanol–water partition coefficient (Wildman–Crippen LogP) is 1.45. The molecule has 21 heavy (non-hydrogen) atoms. The summed E-state index contributed by atoms with van der Waals surface area (Å²) in [7, 11) is 0. The van der Waals surface area contributed by atoms with Crippen molar-refractivity contribution in [2.24, 2.45) is 0 Å². The first-order valence-corrected chi connectivity index (χ1v) is 7.38. The highest BCUT2D eigenvalue weighted by atomic mass is 16.3. The highest BCUT2D eigenvalue weighted by Crippen LogP contribution is 2.18. The molecule has 1 aromatic rings. The lowest BCUT2D eigenvalue weighted by atomic mass is 9.93. The van der Waals surface area contributed by atoms with Gasteiger partial charge in [-0.1, -0.05) is 17.9 Å². The molecule has 0 aliphatic heterocycles. The fourth-order valence-corrected chi connectivity index (χ4v) is 2.45. The third-order valence-corrected chi connectivity index (χ3v) is 3.63. The normalized spacial score (nSPS) is 21.2. The van der Waals surface area contributed by atoms with Crippen molar-refractivity contribution in [3.63, 3.8) is 0 Å². The summed E-state index contributed by atoms with van der Waals surface area (Å²) >= 11 is 0. The van der Waals surface area contributed by atoms with E-state index in [-0.39, 0.29) is 24.7 Å². The van der Waals surface area contributed by atoms with Crippen LogP contribution in [0.3, 0.4) is 0 Å². The molecule has 0 spiro atoms. The molecule has 0 unspecified atom stereocenters. The Bertz CT molecular complexity index is 536. The largest absolute Gasteiger partial charge is 0.395 e. The molecule has 1 fully saturated rings. The topological polar surface area (TPSA) is 69.6 Å². The van der Waals surface area contributed by atoms with Gasteiger partial charge in [0, 0.05) is 23.6 Å². The van der Waals surface area contributed by atoms with Crippen LogP contribution in [0.5, 0.6) is 0 Å². The molecule has 2 rings (SSSR count). The zero-order chi connectivity index (χ0) is 15.1. The first-order valence-electron chi connectivity index (χ1n) is 7.38. The van der Waals surface area contributed by atoms with E-state index in [1.807, 2.05) is 12.1 Å². The van der Waals surface area contributed by atoms with Crippen molar-refractivity contribution < 1.29 is 15.0 Å². The van der Waals surface area contributed by atoms with Gasteiger partial charge in [-0.15, -0.1) is 0 Å². The lowest BCUT2D eigenvalue weighted by Crippen LogP contribution is -2.38. The number of rotatable bonds is 3. The van der Waals surface area contributed by atoms with E-state index in [1.165, 1.54) is 0 Å². The Kier molecular flexibility index (Phi) is 5.79. The number of nitrogens with one attached hydrogen (secondary N) is 1. The molecule has 3 N–H and O–H groups in total. The maximum Gasteiger partial charge on any atom is 0.251 e. The van der Waals surface area contributed by atoms with Gasteiger partial charge in [0.15, 0.2) is 0 Å².